The predicted molar refractivity (Wildman–Crippen MR) is 139 cm³/mol. The highest BCUT2D eigenvalue weighted by atomic mass is 16.2. The van der Waals surface area contributed by atoms with Gasteiger partial charge in [0.25, 0.3) is 0 Å². The fourth-order valence-electron chi connectivity index (χ4n) is 6.13. The minimum absolute atomic E-state index is 0.422. The normalized spacial score (nSPS) is 21.1. The lowest BCUT2D eigenvalue weighted by Gasteiger charge is -2.47. The van der Waals surface area contributed by atoms with E-state index in [1.54, 1.807) is 0 Å². The summed E-state index contributed by atoms with van der Waals surface area (Å²) in [6, 6.07) is 0. The lowest BCUT2D eigenvalue weighted by atomic mass is 9.71. The van der Waals surface area contributed by atoms with Crippen LogP contribution in [0.2, 0.25) is 0 Å². The fraction of sp³-hybridized carbons (Fsp3) is 0.966. The van der Waals surface area contributed by atoms with Crippen molar-refractivity contribution in [2.45, 2.75) is 130 Å². The summed E-state index contributed by atoms with van der Waals surface area (Å²) in [7, 11) is 0. The van der Waals surface area contributed by atoms with Crippen LogP contribution in [0.3, 0.4) is 0 Å². The molecule has 0 radical (unpaired) electrons. The minimum atomic E-state index is 0.422. The highest BCUT2D eigenvalue weighted by Gasteiger charge is 2.38. The van der Waals surface area contributed by atoms with Crippen molar-refractivity contribution in [3.8, 4) is 0 Å². The maximum absolute atomic E-state index is 12.7. The van der Waals surface area contributed by atoms with E-state index >= 15 is 0 Å². The van der Waals surface area contributed by atoms with E-state index in [1.807, 2.05) is 0 Å². The molecular formula is C29H56N2O. The van der Waals surface area contributed by atoms with E-state index in [1.165, 1.54) is 110 Å². The third kappa shape index (κ3) is 9.74. The average molecular weight is 449 g/mol. The average Bonchev–Trinajstić information content (AvgIpc) is 2.81. The third-order valence-corrected chi connectivity index (χ3v) is 8.67. The van der Waals surface area contributed by atoms with Crippen LogP contribution in [0.4, 0.5) is 0 Å². The van der Waals surface area contributed by atoms with Gasteiger partial charge in [-0.15, -0.1) is 0 Å². The molecule has 0 aromatic carbocycles. The number of hydrogen-bond acceptors (Lipinski definition) is 2. The monoisotopic (exact) mass is 448 g/mol. The van der Waals surface area contributed by atoms with Crippen LogP contribution < -0.4 is 0 Å². The van der Waals surface area contributed by atoms with Crippen LogP contribution in [-0.2, 0) is 4.79 Å². The molecule has 2 unspecified atom stereocenters. The Balaban J connectivity index is 1.67. The zero-order valence-corrected chi connectivity index (χ0v) is 22.3. The van der Waals surface area contributed by atoms with Gasteiger partial charge in [-0.2, -0.15) is 0 Å². The second kappa shape index (κ2) is 15.4. The van der Waals surface area contributed by atoms with Crippen LogP contribution in [0.15, 0.2) is 0 Å². The van der Waals surface area contributed by atoms with E-state index in [4.69, 9.17) is 0 Å². The summed E-state index contributed by atoms with van der Waals surface area (Å²) in [4.78, 5) is 17.7. The van der Waals surface area contributed by atoms with E-state index in [0.29, 0.717) is 17.2 Å². The Morgan fingerprint density at radius 2 is 1.41 bits per heavy atom. The third-order valence-electron chi connectivity index (χ3n) is 8.67. The first kappa shape index (κ1) is 27.7. The topological polar surface area (TPSA) is 23.6 Å². The number of nitrogens with zero attached hydrogens (tertiary/aromatic N) is 2. The molecule has 2 atom stereocenters. The molecule has 2 saturated heterocycles. The zero-order valence-electron chi connectivity index (χ0n) is 22.3. The summed E-state index contributed by atoms with van der Waals surface area (Å²) < 4.78 is 0. The summed E-state index contributed by atoms with van der Waals surface area (Å²) in [5.74, 6) is 2.03. The standard InChI is InChI=1S/C29H56N2O/c1-5-8-10-11-14-27(12-7-3)25-30-21-17-29(18-22-30)19-23-31(24-20-29)28(32)16-15-26(4)13-9-6-2/h26-27H,5-25H2,1-4H3. The molecule has 0 aromatic heterocycles. The number of carbonyl (C=O) groups excluding carboxylic acids is 1. The van der Waals surface area contributed by atoms with Crippen LogP contribution in [0, 0.1) is 17.3 Å². The second-order valence-electron chi connectivity index (χ2n) is 11.5. The first-order valence-electron chi connectivity index (χ1n) is 14.5. The van der Waals surface area contributed by atoms with Gasteiger partial charge in [0.15, 0.2) is 0 Å². The largest absolute Gasteiger partial charge is 0.343 e. The summed E-state index contributed by atoms with van der Waals surface area (Å²) in [5, 5.41) is 0. The Labute approximate surface area is 201 Å². The number of likely N-dealkylation sites (tertiary alicyclic amines) is 2. The van der Waals surface area contributed by atoms with Crippen LogP contribution in [0.5, 0.6) is 0 Å². The van der Waals surface area contributed by atoms with E-state index in [-0.39, 0.29) is 0 Å². The van der Waals surface area contributed by atoms with Gasteiger partial charge in [0.2, 0.25) is 5.91 Å². The summed E-state index contributed by atoms with van der Waals surface area (Å²) in [5.41, 5.74) is 0.531. The molecular weight excluding hydrogens is 392 g/mol. The molecule has 1 spiro atoms. The number of piperidine rings is 2. The van der Waals surface area contributed by atoms with Crippen molar-refractivity contribution in [3.05, 3.63) is 0 Å². The van der Waals surface area contributed by atoms with Crippen LogP contribution in [0.25, 0.3) is 0 Å². The van der Waals surface area contributed by atoms with Crippen LogP contribution in [0.1, 0.15) is 130 Å². The van der Waals surface area contributed by atoms with Gasteiger partial charge in [0, 0.05) is 26.1 Å². The molecule has 2 rings (SSSR count). The van der Waals surface area contributed by atoms with Gasteiger partial charge in [-0.05, 0) is 75.3 Å². The molecule has 0 bridgehead atoms. The van der Waals surface area contributed by atoms with Gasteiger partial charge in [0.1, 0.15) is 0 Å². The number of rotatable bonds is 15. The molecule has 2 heterocycles. The van der Waals surface area contributed by atoms with Crippen LogP contribution in [-0.4, -0.2) is 48.4 Å². The SMILES string of the molecule is CCCCCCC(CCC)CN1CCC2(CC1)CCN(C(=O)CCC(C)CCCC)CC2. The van der Waals surface area contributed by atoms with Crippen molar-refractivity contribution in [3.63, 3.8) is 0 Å². The number of unbranched alkanes of at least 4 members (excludes halogenated alkanes) is 4. The van der Waals surface area contributed by atoms with Crippen molar-refractivity contribution in [1.82, 2.24) is 9.80 Å². The molecule has 188 valence electrons. The maximum atomic E-state index is 12.7. The van der Waals surface area contributed by atoms with Gasteiger partial charge in [-0.25, -0.2) is 0 Å². The van der Waals surface area contributed by atoms with Gasteiger partial charge in [0.05, 0.1) is 0 Å². The Hall–Kier alpha value is -0.570. The highest BCUT2D eigenvalue weighted by Crippen LogP contribution is 2.41. The Kier molecular flexibility index (Phi) is 13.3. The lowest BCUT2D eigenvalue weighted by Crippen LogP contribution is -2.48. The van der Waals surface area contributed by atoms with Crippen molar-refractivity contribution in [2.75, 3.05) is 32.7 Å². The molecule has 3 heteroatoms. The Morgan fingerprint density at radius 1 is 0.750 bits per heavy atom. The molecule has 0 aromatic rings. The first-order valence-corrected chi connectivity index (χ1v) is 14.5. The number of hydrogen-bond donors (Lipinski definition) is 0. The molecule has 2 aliphatic rings. The molecule has 32 heavy (non-hydrogen) atoms. The molecule has 2 fully saturated rings. The number of carbonyl (C=O) groups is 1. The first-order chi connectivity index (χ1) is 15.5. The van der Waals surface area contributed by atoms with Crippen molar-refractivity contribution in [2.24, 2.45) is 17.3 Å². The lowest BCUT2D eigenvalue weighted by molar-refractivity contribution is -0.134. The molecule has 3 nitrogen and oxygen atoms in total. The second-order valence-corrected chi connectivity index (χ2v) is 11.5. The van der Waals surface area contributed by atoms with E-state index in [9.17, 15) is 4.79 Å². The van der Waals surface area contributed by atoms with Gasteiger partial charge >= 0.3 is 0 Å². The molecule has 0 N–H and O–H groups in total. The fourth-order valence-corrected chi connectivity index (χ4v) is 6.13. The molecule has 1 amide bonds. The molecule has 0 saturated carbocycles. The van der Waals surface area contributed by atoms with Gasteiger partial charge < -0.3 is 9.80 Å². The Bertz CT molecular complexity index is 487. The minimum Gasteiger partial charge on any atom is -0.343 e. The zero-order chi connectivity index (χ0) is 23.2. The smallest absolute Gasteiger partial charge is 0.222 e. The van der Waals surface area contributed by atoms with Gasteiger partial charge in [-0.3, -0.25) is 4.79 Å². The van der Waals surface area contributed by atoms with Crippen molar-refractivity contribution in [1.29, 1.82) is 0 Å². The molecule has 0 aliphatic carbocycles. The van der Waals surface area contributed by atoms with E-state index in [2.05, 4.69) is 37.5 Å². The highest BCUT2D eigenvalue weighted by molar-refractivity contribution is 5.76. The summed E-state index contributed by atoms with van der Waals surface area (Å²) in [6.45, 7) is 15.2. The quantitative estimate of drug-likeness (QED) is 0.240. The summed E-state index contributed by atoms with van der Waals surface area (Å²) >= 11 is 0. The van der Waals surface area contributed by atoms with E-state index < -0.39 is 0 Å². The van der Waals surface area contributed by atoms with Gasteiger partial charge in [-0.1, -0.05) is 79.1 Å². The number of amides is 1. The summed E-state index contributed by atoms with van der Waals surface area (Å²) in [6.07, 6.45) is 20.7. The van der Waals surface area contributed by atoms with Crippen LogP contribution >= 0.6 is 0 Å². The van der Waals surface area contributed by atoms with Crippen molar-refractivity contribution >= 4 is 5.91 Å². The predicted octanol–water partition coefficient (Wildman–Crippen LogP) is 7.68. The van der Waals surface area contributed by atoms with Crippen molar-refractivity contribution < 1.29 is 4.79 Å². The van der Waals surface area contributed by atoms with E-state index in [0.717, 1.165) is 31.8 Å². The maximum Gasteiger partial charge on any atom is 0.222 e. The Morgan fingerprint density at radius 3 is 2.03 bits per heavy atom. The molecule has 2 aliphatic heterocycles.